The van der Waals surface area contributed by atoms with Crippen molar-refractivity contribution < 1.29 is 14.3 Å². The van der Waals surface area contributed by atoms with Gasteiger partial charge in [-0.05, 0) is 79.7 Å². The van der Waals surface area contributed by atoms with Crippen LogP contribution in [0.5, 0.6) is 5.75 Å². The number of carbonyl (C=O) groups is 1. The van der Waals surface area contributed by atoms with Crippen molar-refractivity contribution in [2.75, 3.05) is 6.61 Å². The van der Waals surface area contributed by atoms with Crippen LogP contribution in [0.25, 0.3) is 11.1 Å². The predicted octanol–water partition coefficient (Wildman–Crippen LogP) is 8.68. The smallest absolute Gasteiger partial charge is 0.324 e. The molecule has 1 aliphatic carbocycles. The Hall–Kier alpha value is -2.51. The van der Waals surface area contributed by atoms with Crippen LogP contribution in [0.3, 0.4) is 0 Å². The number of hydrogen-bond acceptors (Lipinski definition) is 4. The molecule has 2 atom stereocenters. The number of carbonyl (C=O) groups excluding carboxylic acids is 1. The Kier molecular flexibility index (Phi) is 10.9. The molecule has 0 N–H and O–H groups in total. The van der Waals surface area contributed by atoms with Gasteiger partial charge in [-0.2, -0.15) is 5.26 Å². The van der Waals surface area contributed by atoms with Gasteiger partial charge in [-0.1, -0.05) is 76.4 Å². The van der Waals surface area contributed by atoms with Gasteiger partial charge in [-0.3, -0.25) is 4.79 Å². The van der Waals surface area contributed by atoms with Crippen molar-refractivity contribution in [2.24, 2.45) is 11.3 Å². The fourth-order valence-corrected chi connectivity index (χ4v) is 5.16. The minimum absolute atomic E-state index is 0.0231. The number of alkyl halides is 1. The molecule has 2 aromatic carbocycles. The number of hydrogen-bond donors (Lipinski definition) is 0. The van der Waals surface area contributed by atoms with Gasteiger partial charge in [-0.25, -0.2) is 0 Å². The van der Waals surface area contributed by atoms with Crippen LogP contribution in [0.4, 0.5) is 0 Å². The highest BCUT2D eigenvalue weighted by molar-refractivity contribution is 6.30. The van der Waals surface area contributed by atoms with Gasteiger partial charge in [0.2, 0.25) is 0 Å². The summed E-state index contributed by atoms with van der Waals surface area (Å²) < 4.78 is 11.2. The number of benzene rings is 2. The lowest BCUT2D eigenvalue weighted by atomic mass is 9.67. The number of ether oxygens (including phenoxy) is 2. The van der Waals surface area contributed by atoms with E-state index < -0.39 is 11.3 Å². The molecule has 2 unspecified atom stereocenters. The highest BCUT2D eigenvalue weighted by Crippen LogP contribution is 2.45. The van der Waals surface area contributed by atoms with E-state index in [1.54, 1.807) is 6.92 Å². The van der Waals surface area contributed by atoms with Crippen molar-refractivity contribution in [3.05, 3.63) is 54.1 Å². The Morgan fingerprint density at radius 2 is 1.62 bits per heavy atom. The molecule has 0 saturated heterocycles. The normalized spacial score (nSPS) is 21.2. The van der Waals surface area contributed by atoms with Crippen LogP contribution in [0.1, 0.15) is 90.5 Å². The van der Waals surface area contributed by atoms with Gasteiger partial charge in [0.25, 0.3) is 0 Å². The van der Waals surface area contributed by atoms with Crippen molar-refractivity contribution in [1.29, 1.82) is 5.26 Å². The Bertz CT molecular complexity index is 1020. The SMILES string of the molecule is CCCCCC1(C#N)CCC(c2ccc(-c3ccc(OCC(C)OC(=O)C(Cl)C(C)C)cc3)cc2)CC1. The minimum atomic E-state index is -0.645. The van der Waals surface area contributed by atoms with Crippen molar-refractivity contribution in [1.82, 2.24) is 0 Å². The van der Waals surface area contributed by atoms with Gasteiger partial charge < -0.3 is 9.47 Å². The highest BCUT2D eigenvalue weighted by Gasteiger charge is 2.35. The Morgan fingerprint density at radius 1 is 1.03 bits per heavy atom. The molecule has 1 fully saturated rings. The molecule has 0 radical (unpaired) electrons. The number of esters is 1. The van der Waals surface area contributed by atoms with Gasteiger partial charge >= 0.3 is 5.97 Å². The van der Waals surface area contributed by atoms with Crippen LogP contribution in [0.2, 0.25) is 0 Å². The summed E-state index contributed by atoms with van der Waals surface area (Å²) in [5.41, 5.74) is 3.57. The van der Waals surface area contributed by atoms with Crippen LogP contribution in [0, 0.1) is 22.7 Å². The van der Waals surface area contributed by atoms with Gasteiger partial charge in [-0.15, -0.1) is 11.6 Å². The zero-order valence-electron chi connectivity index (χ0n) is 22.8. The van der Waals surface area contributed by atoms with E-state index in [2.05, 4.69) is 37.3 Å². The monoisotopic (exact) mass is 523 g/mol. The third kappa shape index (κ3) is 8.24. The van der Waals surface area contributed by atoms with E-state index in [9.17, 15) is 10.1 Å². The number of unbranched alkanes of at least 4 members (excludes halogenated alkanes) is 2. The molecule has 4 nitrogen and oxygen atoms in total. The van der Waals surface area contributed by atoms with Crippen LogP contribution in [-0.2, 0) is 9.53 Å². The summed E-state index contributed by atoms with van der Waals surface area (Å²) >= 11 is 6.07. The molecule has 0 aliphatic heterocycles. The molecule has 0 spiro atoms. The first-order chi connectivity index (χ1) is 17.8. The number of nitriles is 1. The summed E-state index contributed by atoms with van der Waals surface area (Å²) in [6.45, 7) is 8.07. The lowest BCUT2D eigenvalue weighted by molar-refractivity contribution is -0.149. The molecule has 0 bridgehead atoms. The molecule has 37 heavy (non-hydrogen) atoms. The van der Waals surface area contributed by atoms with E-state index >= 15 is 0 Å². The van der Waals surface area contributed by atoms with Crippen LogP contribution >= 0.6 is 11.6 Å². The molecule has 0 aromatic heterocycles. The van der Waals surface area contributed by atoms with Crippen LogP contribution in [-0.4, -0.2) is 24.1 Å². The molecule has 200 valence electrons. The minimum Gasteiger partial charge on any atom is -0.490 e. The highest BCUT2D eigenvalue weighted by atomic mass is 35.5. The van der Waals surface area contributed by atoms with Crippen LogP contribution < -0.4 is 4.74 Å². The van der Waals surface area contributed by atoms with Crippen molar-refractivity contribution in [3.8, 4) is 22.9 Å². The first-order valence-corrected chi connectivity index (χ1v) is 14.3. The van der Waals surface area contributed by atoms with Gasteiger partial charge in [0.15, 0.2) is 0 Å². The van der Waals surface area contributed by atoms with Crippen LogP contribution in [0.15, 0.2) is 48.5 Å². The summed E-state index contributed by atoms with van der Waals surface area (Å²) in [5, 5.41) is 9.18. The molecular formula is C32H42ClNO3. The van der Waals surface area contributed by atoms with Gasteiger partial charge in [0.05, 0.1) is 11.5 Å². The summed E-state index contributed by atoms with van der Waals surface area (Å²) in [6, 6.07) is 19.5. The zero-order valence-corrected chi connectivity index (χ0v) is 23.6. The Balaban J connectivity index is 1.50. The Labute approximate surface area is 228 Å². The Morgan fingerprint density at radius 3 is 2.16 bits per heavy atom. The predicted molar refractivity (Wildman–Crippen MR) is 151 cm³/mol. The largest absolute Gasteiger partial charge is 0.490 e. The molecule has 1 saturated carbocycles. The van der Waals surface area contributed by atoms with Crippen molar-refractivity contribution in [2.45, 2.75) is 96.5 Å². The topological polar surface area (TPSA) is 59.3 Å². The summed E-state index contributed by atoms with van der Waals surface area (Å²) in [6.07, 6.45) is 8.51. The van der Waals surface area contributed by atoms with E-state index in [1.807, 2.05) is 38.1 Å². The van der Waals surface area contributed by atoms with Gasteiger partial charge in [0, 0.05) is 0 Å². The second-order valence-corrected chi connectivity index (χ2v) is 11.4. The second-order valence-electron chi connectivity index (χ2n) is 11.0. The molecular weight excluding hydrogens is 482 g/mol. The second kappa shape index (κ2) is 13.9. The van der Waals surface area contributed by atoms with Crippen molar-refractivity contribution >= 4 is 17.6 Å². The summed E-state index contributed by atoms with van der Waals surface area (Å²) in [4.78, 5) is 12.0. The number of halogens is 1. The first kappa shape index (κ1) is 29.1. The molecule has 2 aromatic rings. The molecule has 5 heteroatoms. The maximum atomic E-state index is 12.0. The number of nitrogens with zero attached hydrogens (tertiary/aromatic N) is 1. The fourth-order valence-electron chi connectivity index (χ4n) is 5.11. The fraction of sp³-hybridized carbons (Fsp3) is 0.562. The summed E-state index contributed by atoms with van der Waals surface area (Å²) in [5.74, 6) is 0.894. The van der Waals surface area contributed by atoms with E-state index in [0.29, 0.717) is 5.92 Å². The summed E-state index contributed by atoms with van der Waals surface area (Å²) in [7, 11) is 0. The lowest BCUT2D eigenvalue weighted by Crippen LogP contribution is -2.29. The lowest BCUT2D eigenvalue weighted by Gasteiger charge is -2.35. The maximum absolute atomic E-state index is 12.0. The number of rotatable bonds is 12. The van der Waals surface area contributed by atoms with E-state index in [4.69, 9.17) is 21.1 Å². The standard InChI is InChI=1S/C32H42ClNO3/c1-5-6-7-18-32(22-34)19-16-28(17-20-32)26-10-8-25(9-11-26)27-12-14-29(15-13-27)36-21-24(4)37-31(35)30(33)23(2)3/h8-15,23-24,28,30H,5-7,16-21H2,1-4H3. The average Bonchev–Trinajstić information content (AvgIpc) is 2.92. The first-order valence-electron chi connectivity index (χ1n) is 13.9. The quantitative estimate of drug-likeness (QED) is 0.158. The van der Waals surface area contributed by atoms with E-state index in [-0.39, 0.29) is 24.0 Å². The van der Waals surface area contributed by atoms with E-state index in [1.165, 1.54) is 30.4 Å². The molecule has 1 aliphatic rings. The van der Waals surface area contributed by atoms with Crippen molar-refractivity contribution in [3.63, 3.8) is 0 Å². The molecule has 3 rings (SSSR count). The zero-order chi connectivity index (χ0) is 26.8. The molecule has 0 amide bonds. The third-order valence-electron chi connectivity index (χ3n) is 7.62. The average molecular weight is 524 g/mol. The van der Waals surface area contributed by atoms with E-state index in [0.717, 1.165) is 43.4 Å². The molecule has 0 heterocycles. The maximum Gasteiger partial charge on any atom is 0.324 e. The van der Waals surface area contributed by atoms with Gasteiger partial charge in [0.1, 0.15) is 23.8 Å². The third-order valence-corrected chi connectivity index (χ3v) is 8.30.